The van der Waals surface area contributed by atoms with Crippen molar-refractivity contribution in [1.82, 2.24) is 9.88 Å². The second-order valence-corrected chi connectivity index (χ2v) is 8.01. The highest BCUT2D eigenvalue weighted by Gasteiger charge is 2.26. The molecule has 3 rings (SSSR count). The number of aromatic nitrogens is 1. The average molecular weight is 372 g/mol. The van der Waals surface area contributed by atoms with Gasteiger partial charge in [-0.05, 0) is 43.2 Å². The molecule has 1 aliphatic rings. The zero-order valence-electron chi connectivity index (χ0n) is 15.0. The van der Waals surface area contributed by atoms with Gasteiger partial charge in [0, 0.05) is 24.9 Å². The van der Waals surface area contributed by atoms with Crippen molar-refractivity contribution in [1.29, 1.82) is 0 Å². The van der Waals surface area contributed by atoms with E-state index in [1.807, 2.05) is 41.5 Å². The van der Waals surface area contributed by atoms with Gasteiger partial charge in [-0.1, -0.05) is 24.3 Å². The number of likely N-dealkylation sites (tertiary alicyclic amines) is 1. The van der Waals surface area contributed by atoms with E-state index in [1.54, 1.807) is 11.3 Å². The molecule has 1 aromatic heterocycles. The number of hydrogen-bond acceptors (Lipinski definition) is 4. The van der Waals surface area contributed by atoms with E-state index in [2.05, 4.69) is 4.98 Å². The SMILES string of the molecule is Cc1nc(CCC(=O)N2CCC(Cc3ccc(CC(=O)O)cc3)C2)cs1. The summed E-state index contributed by atoms with van der Waals surface area (Å²) < 4.78 is 0. The van der Waals surface area contributed by atoms with Crippen LogP contribution in [0.2, 0.25) is 0 Å². The Balaban J connectivity index is 1.45. The zero-order valence-corrected chi connectivity index (χ0v) is 15.8. The molecule has 0 saturated carbocycles. The summed E-state index contributed by atoms with van der Waals surface area (Å²) in [5.41, 5.74) is 3.04. The lowest BCUT2D eigenvalue weighted by atomic mass is 9.97. The highest BCUT2D eigenvalue weighted by molar-refractivity contribution is 7.09. The Kier molecular flexibility index (Phi) is 6.04. The van der Waals surface area contributed by atoms with Gasteiger partial charge in [-0.2, -0.15) is 0 Å². The molecule has 138 valence electrons. The maximum absolute atomic E-state index is 12.4. The van der Waals surface area contributed by atoms with E-state index in [4.69, 9.17) is 5.11 Å². The first-order valence-corrected chi connectivity index (χ1v) is 9.86. The zero-order chi connectivity index (χ0) is 18.5. The average Bonchev–Trinajstić information content (AvgIpc) is 3.23. The number of carbonyl (C=O) groups excluding carboxylic acids is 1. The number of nitrogens with zero attached hydrogens (tertiary/aromatic N) is 2. The third kappa shape index (κ3) is 5.14. The topological polar surface area (TPSA) is 70.5 Å². The van der Waals surface area contributed by atoms with Crippen LogP contribution in [-0.2, 0) is 28.9 Å². The van der Waals surface area contributed by atoms with E-state index in [-0.39, 0.29) is 12.3 Å². The molecule has 1 amide bonds. The number of thiazole rings is 1. The minimum absolute atomic E-state index is 0.0600. The molecular weight excluding hydrogens is 348 g/mol. The number of amides is 1. The van der Waals surface area contributed by atoms with E-state index >= 15 is 0 Å². The van der Waals surface area contributed by atoms with Crippen molar-refractivity contribution in [3.63, 3.8) is 0 Å². The molecule has 1 atom stereocenters. The predicted molar refractivity (Wildman–Crippen MR) is 101 cm³/mol. The quantitative estimate of drug-likeness (QED) is 0.811. The lowest BCUT2D eigenvalue weighted by Crippen LogP contribution is -2.29. The van der Waals surface area contributed by atoms with E-state index in [1.165, 1.54) is 5.56 Å². The minimum atomic E-state index is -0.810. The lowest BCUT2D eigenvalue weighted by Gasteiger charge is -2.16. The van der Waals surface area contributed by atoms with Crippen LogP contribution in [0.25, 0.3) is 0 Å². The van der Waals surface area contributed by atoms with Gasteiger partial charge in [-0.25, -0.2) is 4.98 Å². The van der Waals surface area contributed by atoms with Crippen LogP contribution < -0.4 is 0 Å². The summed E-state index contributed by atoms with van der Waals surface area (Å²) in [5.74, 6) is -0.115. The first-order valence-electron chi connectivity index (χ1n) is 8.98. The summed E-state index contributed by atoms with van der Waals surface area (Å²) in [6.07, 6.45) is 3.26. The Morgan fingerprint density at radius 1 is 1.27 bits per heavy atom. The van der Waals surface area contributed by atoms with Gasteiger partial charge in [0.05, 0.1) is 17.1 Å². The van der Waals surface area contributed by atoms with Crippen LogP contribution in [0.5, 0.6) is 0 Å². The summed E-state index contributed by atoms with van der Waals surface area (Å²) >= 11 is 1.63. The van der Waals surface area contributed by atoms with Crippen molar-refractivity contribution in [3.8, 4) is 0 Å². The molecule has 6 heteroatoms. The lowest BCUT2D eigenvalue weighted by molar-refractivity contribution is -0.136. The number of rotatable bonds is 7. The number of aliphatic carboxylic acids is 1. The molecular formula is C20H24N2O3S. The van der Waals surface area contributed by atoms with Crippen LogP contribution in [-0.4, -0.2) is 40.0 Å². The van der Waals surface area contributed by atoms with Crippen molar-refractivity contribution in [2.75, 3.05) is 13.1 Å². The summed E-state index contributed by atoms with van der Waals surface area (Å²) in [5, 5.41) is 11.9. The second kappa shape index (κ2) is 8.45. The predicted octanol–water partition coefficient (Wildman–Crippen LogP) is 3.10. The van der Waals surface area contributed by atoms with Gasteiger partial charge in [0.25, 0.3) is 0 Å². The van der Waals surface area contributed by atoms with Gasteiger partial charge in [-0.15, -0.1) is 11.3 Å². The van der Waals surface area contributed by atoms with Crippen molar-refractivity contribution in [2.45, 2.75) is 39.0 Å². The molecule has 26 heavy (non-hydrogen) atoms. The van der Waals surface area contributed by atoms with Gasteiger partial charge >= 0.3 is 5.97 Å². The molecule has 0 radical (unpaired) electrons. The minimum Gasteiger partial charge on any atom is -0.481 e. The summed E-state index contributed by atoms with van der Waals surface area (Å²) in [4.78, 5) is 29.5. The Bertz CT molecular complexity index is 770. The third-order valence-electron chi connectivity index (χ3n) is 4.80. The summed E-state index contributed by atoms with van der Waals surface area (Å²) in [6, 6.07) is 7.79. The smallest absolute Gasteiger partial charge is 0.307 e. The summed E-state index contributed by atoms with van der Waals surface area (Å²) in [7, 11) is 0. The van der Waals surface area contributed by atoms with Crippen molar-refractivity contribution in [3.05, 3.63) is 51.5 Å². The van der Waals surface area contributed by atoms with E-state index in [0.717, 1.165) is 48.6 Å². The van der Waals surface area contributed by atoms with Crippen LogP contribution >= 0.6 is 11.3 Å². The molecule has 0 spiro atoms. The number of benzene rings is 1. The number of carbonyl (C=O) groups is 2. The van der Waals surface area contributed by atoms with E-state index < -0.39 is 5.97 Å². The largest absolute Gasteiger partial charge is 0.481 e. The van der Waals surface area contributed by atoms with Crippen molar-refractivity contribution >= 4 is 23.2 Å². The first kappa shape index (κ1) is 18.6. The molecule has 5 nitrogen and oxygen atoms in total. The van der Waals surface area contributed by atoms with Crippen LogP contribution in [0.3, 0.4) is 0 Å². The first-order chi connectivity index (χ1) is 12.5. The maximum atomic E-state index is 12.4. The fourth-order valence-electron chi connectivity index (χ4n) is 3.44. The molecule has 1 aromatic carbocycles. The molecule has 1 N–H and O–H groups in total. The standard InChI is InChI=1S/C20H24N2O3S/c1-14-21-18(13-26-14)6-7-19(23)22-9-8-17(12-22)10-15-2-4-16(5-3-15)11-20(24)25/h2-5,13,17H,6-12H2,1H3,(H,24,25). The Hall–Kier alpha value is -2.21. The molecule has 1 aliphatic heterocycles. The van der Waals surface area contributed by atoms with Gasteiger partial charge < -0.3 is 10.0 Å². The van der Waals surface area contributed by atoms with Gasteiger partial charge in [0.1, 0.15) is 0 Å². The van der Waals surface area contributed by atoms with Crippen LogP contribution in [0.4, 0.5) is 0 Å². The molecule has 1 saturated heterocycles. The number of hydrogen-bond donors (Lipinski definition) is 1. The van der Waals surface area contributed by atoms with Gasteiger partial charge in [0.15, 0.2) is 0 Å². The van der Waals surface area contributed by atoms with Crippen molar-refractivity contribution < 1.29 is 14.7 Å². The van der Waals surface area contributed by atoms with Crippen LogP contribution in [0.1, 0.15) is 34.7 Å². The monoisotopic (exact) mass is 372 g/mol. The Labute approximate surface area is 157 Å². The van der Waals surface area contributed by atoms with E-state index in [0.29, 0.717) is 12.3 Å². The number of carboxylic acid groups (broad SMARTS) is 1. The molecule has 0 aliphatic carbocycles. The fraction of sp³-hybridized carbons (Fsp3) is 0.450. The molecule has 2 heterocycles. The van der Waals surface area contributed by atoms with Crippen LogP contribution in [0, 0.1) is 12.8 Å². The summed E-state index contributed by atoms with van der Waals surface area (Å²) in [6.45, 7) is 3.62. The molecule has 2 aromatic rings. The van der Waals surface area contributed by atoms with Crippen molar-refractivity contribution in [2.24, 2.45) is 5.92 Å². The maximum Gasteiger partial charge on any atom is 0.307 e. The second-order valence-electron chi connectivity index (χ2n) is 6.94. The Morgan fingerprint density at radius 2 is 2.00 bits per heavy atom. The number of carboxylic acids is 1. The normalized spacial score (nSPS) is 16.8. The highest BCUT2D eigenvalue weighted by Crippen LogP contribution is 2.22. The van der Waals surface area contributed by atoms with Gasteiger partial charge in [0.2, 0.25) is 5.91 Å². The molecule has 1 fully saturated rings. The number of aryl methyl sites for hydroxylation is 2. The third-order valence-corrected chi connectivity index (χ3v) is 5.63. The van der Waals surface area contributed by atoms with Gasteiger partial charge in [-0.3, -0.25) is 9.59 Å². The van der Waals surface area contributed by atoms with Crippen LogP contribution in [0.15, 0.2) is 29.6 Å². The molecule has 0 bridgehead atoms. The fourth-order valence-corrected chi connectivity index (χ4v) is 4.09. The highest BCUT2D eigenvalue weighted by atomic mass is 32.1. The molecule has 1 unspecified atom stereocenters. The Morgan fingerprint density at radius 3 is 2.65 bits per heavy atom. The van der Waals surface area contributed by atoms with E-state index in [9.17, 15) is 9.59 Å².